The van der Waals surface area contributed by atoms with Crippen LogP contribution in [0.3, 0.4) is 0 Å². The van der Waals surface area contributed by atoms with Crippen molar-refractivity contribution in [3.63, 3.8) is 0 Å². The van der Waals surface area contributed by atoms with Crippen molar-refractivity contribution in [1.82, 2.24) is 0 Å². The molecule has 1 aliphatic carbocycles. The predicted octanol–water partition coefficient (Wildman–Crippen LogP) is 3.45. The molecule has 2 rings (SSSR count). The molecule has 1 aromatic rings. The van der Waals surface area contributed by atoms with E-state index in [4.69, 9.17) is 4.74 Å². The van der Waals surface area contributed by atoms with Gasteiger partial charge in [-0.05, 0) is 41.9 Å². The van der Waals surface area contributed by atoms with Crippen LogP contribution in [0.4, 0.5) is 0 Å². The lowest BCUT2D eigenvalue weighted by molar-refractivity contribution is 0.414. The fourth-order valence-electron chi connectivity index (χ4n) is 2.20. The Morgan fingerprint density at radius 2 is 1.86 bits per heavy atom. The lowest BCUT2D eigenvalue weighted by atomic mass is 9.95. The molecule has 1 heteroatoms. The molecule has 0 amide bonds. The molecule has 1 aliphatic rings. The van der Waals surface area contributed by atoms with Crippen molar-refractivity contribution >= 4 is 0 Å². The fourth-order valence-corrected chi connectivity index (χ4v) is 2.20. The van der Waals surface area contributed by atoms with Gasteiger partial charge in [0.05, 0.1) is 7.11 Å². The summed E-state index contributed by atoms with van der Waals surface area (Å²) in [5, 5.41) is 0. The van der Waals surface area contributed by atoms with E-state index in [-0.39, 0.29) is 0 Å². The molecule has 1 fully saturated rings. The maximum absolute atomic E-state index is 5.15. The van der Waals surface area contributed by atoms with Crippen LogP contribution in [-0.4, -0.2) is 7.11 Å². The molecule has 0 radical (unpaired) electrons. The van der Waals surface area contributed by atoms with Crippen LogP contribution in [0, 0.1) is 11.8 Å². The van der Waals surface area contributed by atoms with Crippen LogP contribution in [0.5, 0.6) is 5.75 Å². The zero-order valence-electron chi connectivity index (χ0n) is 9.16. The number of hydrogen-bond donors (Lipinski definition) is 0. The first-order valence-electron chi connectivity index (χ1n) is 5.36. The normalized spacial score (nSPS) is 27.1. The van der Waals surface area contributed by atoms with Crippen molar-refractivity contribution in [2.24, 2.45) is 11.8 Å². The van der Waals surface area contributed by atoms with Crippen LogP contribution >= 0.6 is 0 Å². The second-order valence-electron chi connectivity index (χ2n) is 4.44. The number of benzene rings is 1. The molecule has 76 valence electrons. The highest BCUT2D eigenvalue weighted by Crippen LogP contribution is 2.47. The topological polar surface area (TPSA) is 9.23 Å². The first kappa shape index (κ1) is 9.57. The number of hydrogen-bond acceptors (Lipinski definition) is 1. The largest absolute Gasteiger partial charge is 0.497 e. The lowest BCUT2D eigenvalue weighted by Gasteiger charge is -2.11. The quantitative estimate of drug-likeness (QED) is 0.709. The van der Waals surface area contributed by atoms with Crippen LogP contribution in [0.2, 0.25) is 0 Å². The Balaban J connectivity index is 2.08. The minimum atomic E-state index is 0.705. The summed E-state index contributed by atoms with van der Waals surface area (Å²) in [4.78, 5) is 0. The van der Waals surface area contributed by atoms with Gasteiger partial charge in [0.15, 0.2) is 0 Å². The first-order chi connectivity index (χ1) is 6.72. The zero-order valence-corrected chi connectivity index (χ0v) is 9.16. The Morgan fingerprint density at radius 1 is 1.29 bits per heavy atom. The van der Waals surface area contributed by atoms with E-state index in [0.29, 0.717) is 5.92 Å². The molecule has 0 spiro atoms. The minimum Gasteiger partial charge on any atom is -0.497 e. The summed E-state index contributed by atoms with van der Waals surface area (Å²) in [5.74, 6) is 3.48. The van der Waals surface area contributed by atoms with Gasteiger partial charge in [0.1, 0.15) is 5.75 Å². The number of ether oxygens (including phenoxy) is 1. The molecule has 3 atom stereocenters. The maximum Gasteiger partial charge on any atom is 0.118 e. The van der Waals surface area contributed by atoms with E-state index >= 15 is 0 Å². The summed E-state index contributed by atoms with van der Waals surface area (Å²) in [6.07, 6.45) is 1.40. The standard InChI is InChI=1S/C13H18O/c1-9-8-13(9)10(2)11-4-6-12(14-3)7-5-11/h4-7,9-10,13H,8H2,1-3H3/t9?,10-,13?/m1/s1. The summed E-state index contributed by atoms with van der Waals surface area (Å²) in [7, 11) is 1.71. The molecule has 0 bridgehead atoms. The SMILES string of the molecule is COc1ccc([C@@H](C)C2CC2C)cc1. The summed E-state index contributed by atoms with van der Waals surface area (Å²) in [6.45, 7) is 4.67. The molecule has 1 aromatic carbocycles. The van der Waals surface area contributed by atoms with Crippen molar-refractivity contribution in [2.75, 3.05) is 7.11 Å². The third-order valence-corrected chi connectivity index (χ3v) is 3.46. The molecule has 0 aliphatic heterocycles. The summed E-state index contributed by atoms with van der Waals surface area (Å²) >= 11 is 0. The second-order valence-corrected chi connectivity index (χ2v) is 4.44. The molecule has 0 aromatic heterocycles. The van der Waals surface area contributed by atoms with Crippen molar-refractivity contribution in [3.8, 4) is 5.75 Å². The monoisotopic (exact) mass is 190 g/mol. The summed E-state index contributed by atoms with van der Waals surface area (Å²) in [5.41, 5.74) is 1.44. The highest BCUT2D eigenvalue weighted by atomic mass is 16.5. The average molecular weight is 190 g/mol. The highest BCUT2D eigenvalue weighted by molar-refractivity contribution is 5.30. The molecule has 1 saturated carbocycles. The first-order valence-corrected chi connectivity index (χ1v) is 5.36. The third kappa shape index (κ3) is 1.77. The Kier molecular flexibility index (Phi) is 2.49. The van der Waals surface area contributed by atoms with E-state index in [1.165, 1.54) is 12.0 Å². The molecule has 14 heavy (non-hydrogen) atoms. The van der Waals surface area contributed by atoms with Gasteiger partial charge in [-0.15, -0.1) is 0 Å². The fraction of sp³-hybridized carbons (Fsp3) is 0.538. The minimum absolute atomic E-state index is 0.705. The summed E-state index contributed by atoms with van der Waals surface area (Å²) in [6, 6.07) is 8.49. The molecule has 0 heterocycles. The highest BCUT2D eigenvalue weighted by Gasteiger charge is 2.37. The average Bonchev–Trinajstić information content (AvgIpc) is 2.95. The van der Waals surface area contributed by atoms with Crippen LogP contribution in [-0.2, 0) is 0 Å². The summed E-state index contributed by atoms with van der Waals surface area (Å²) < 4.78 is 5.15. The van der Waals surface area contributed by atoms with Gasteiger partial charge in [0.2, 0.25) is 0 Å². The van der Waals surface area contributed by atoms with Gasteiger partial charge >= 0.3 is 0 Å². The van der Waals surface area contributed by atoms with E-state index in [0.717, 1.165) is 17.6 Å². The third-order valence-electron chi connectivity index (χ3n) is 3.46. The molecular weight excluding hydrogens is 172 g/mol. The lowest BCUT2D eigenvalue weighted by Crippen LogP contribution is -1.97. The van der Waals surface area contributed by atoms with Gasteiger partial charge in [-0.25, -0.2) is 0 Å². The van der Waals surface area contributed by atoms with Crippen molar-refractivity contribution in [3.05, 3.63) is 29.8 Å². The van der Waals surface area contributed by atoms with Crippen LogP contribution in [0.25, 0.3) is 0 Å². The van der Waals surface area contributed by atoms with E-state index in [9.17, 15) is 0 Å². The molecular formula is C13H18O. The number of rotatable bonds is 3. The van der Waals surface area contributed by atoms with Crippen molar-refractivity contribution in [1.29, 1.82) is 0 Å². The van der Waals surface area contributed by atoms with Gasteiger partial charge < -0.3 is 4.74 Å². The van der Waals surface area contributed by atoms with Gasteiger partial charge in [0.25, 0.3) is 0 Å². The van der Waals surface area contributed by atoms with Crippen molar-refractivity contribution in [2.45, 2.75) is 26.2 Å². The van der Waals surface area contributed by atoms with Crippen molar-refractivity contribution < 1.29 is 4.74 Å². The zero-order chi connectivity index (χ0) is 10.1. The van der Waals surface area contributed by atoms with E-state index < -0.39 is 0 Å². The Bertz CT molecular complexity index is 302. The van der Waals surface area contributed by atoms with Gasteiger partial charge in [-0.3, -0.25) is 0 Å². The Morgan fingerprint density at radius 3 is 2.29 bits per heavy atom. The van der Waals surface area contributed by atoms with E-state index in [1.54, 1.807) is 7.11 Å². The number of methoxy groups -OCH3 is 1. The Labute approximate surface area is 86.1 Å². The second kappa shape index (κ2) is 3.64. The predicted molar refractivity (Wildman–Crippen MR) is 58.7 cm³/mol. The van der Waals surface area contributed by atoms with E-state index in [2.05, 4.69) is 38.1 Å². The van der Waals surface area contributed by atoms with Gasteiger partial charge in [0, 0.05) is 0 Å². The molecule has 0 N–H and O–H groups in total. The van der Waals surface area contributed by atoms with Crippen LogP contribution < -0.4 is 4.74 Å². The smallest absolute Gasteiger partial charge is 0.118 e. The molecule has 2 unspecified atom stereocenters. The van der Waals surface area contributed by atoms with Gasteiger partial charge in [-0.2, -0.15) is 0 Å². The van der Waals surface area contributed by atoms with Crippen LogP contribution in [0.15, 0.2) is 24.3 Å². The van der Waals surface area contributed by atoms with Crippen LogP contribution in [0.1, 0.15) is 31.7 Å². The van der Waals surface area contributed by atoms with E-state index in [1.807, 2.05) is 0 Å². The Hall–Kier alpha value is -0.980. The van der Waals surface area contributed by atoms with Gasteiger partial charge in [-0.1, -0.05) is 26.0 Å². The maximum atomic E-state index is 5.15. The molecule has 1 nitrogen and oxygen atoms in total. The molecule has 0 saturated heterocycles.